The van der Waals surface area contributed by atoms with Crippen LogP contribution in [0.1, 0.15) is 28.8 Å². The minimum Gasteiger partial charge on any atom is -0.364 e. The quantitative estimate of drug-likeness (QED) is 0.609. The Morgan fingerprint density at radius 1 is 0.750 bits per heavy atom. The first-order valence-electron chi connectivity index (χ1n) is 8.77. The number of nitrogens with zero attached hydrogens (tertiary/aromatic N) is 1. The van der Waals surface area contributed by atoms with Gasteiger partial charge in [0.2, 0.25) is 0 Å². The molecule has 2 atom stereocenters. The molecule has 1 heterocycles. The largest absolute Gasteiger partial charge is 0.364 e. The minimum absolute atomic E-state index is 0.115. The van der Waals surface area contributed by atoms with Crippen molar-refractivity contribution >= 4 is 5.84 Å². The van der Waals surface area contributed by atoms with Crippen LogP contribution in [-0.2, 0) is 6.42 Å². The topological polar surface area (TPSA) is 24.4 Å². The number of rotatable bonds is 4. The van der Waals surface area contributed by atoms with Gasteiger partial charge in [-0.3, -0.25) is 4.99 Å². The lowest BCUT2D eigenvalue weighted by atomic mass is 9.95. The zero-order valence-corrected chi connectivity index (χ0v) is 14.7. The Hall–Kier alpha value is -3.15. The van der Waals surface area contributed by atoms with E-state index in [0.29, 0.717) is 17.0 Å². The molecular weight excluding hydrogens is 368 g/mol. The maximum absolute atomic E-state index is 14.0. The zero-order valence-electron chi connectivity index (χ0n) is 14.7. The number of hydrogen-bond acceptors (Lipinski definition) is 2. The van der Waals surface area contributed by atoms with Crippen molar-refractivity contribution in [1.29, 1.82) is 0 Å². The summed E-state index contributed by atoms with van der Waals surface area (Å²) in [4.78, 5) is 4.60. The van der Waals surface area contributed by atoms with Gasteiger partial charge in [-0.2, -0.15) is 0 Å². The summed E-state index contributed by atoms with van der Waals surface area (Å²) in [5, 5.41) is 3.19. The van der Waals surface area contributed by atoms with Crippen LogP contribution in [0.3, 0.4) is 0 Å². The van der Waals surface area contributed by atoms with E-state index < -0.39 is 35.4 Å². The molecule has 28 heavy (non-hydrogen) atoms. The molecule has 0 aromatic heterocycles. The number of halogens is 4. The van der Waals surface area contributed by atoms with Crippen molar-refractivity contribution in [3.8, 4) is 0 Å². The van der Waals surface area contributed by atoms with Gasteiger partial charge >= 0.3 is 0 Å². The van der Waals surface area contributed by atoms with Crippen molar-refractivity contribution < 1.29 is 17.6 Å². The van der Waals surface area contributed by atoms with Crippen molar-refractivity contribution in [2.45, 2.75) is 18.5 Å². The van der Waals surface area contributed by atoms with E-state index in [9.17, 15) is 17.6 Å². The summed E-state index contributed by atoms with van der Waals surface area (Å²) < 4.78 is 54.6. The Labute approximate surface area is 159 Å². The first kappa shape index (κ1) is 18.2. The van der Waals surface area contributed by atoms with Gasteiger partial charge in [-0.15, -0.1) is 0 Å². The van der Waals surface area contributed by atoms with E-state index in [2.05, 4.69) is 10.3 Å². The molecule has 1 N–H and O–H groups in total. The number of benzene rings is 3. The van der Waals surface area contributed by atoms with Crippen molar-refractivity contribution in [1.82, 2.24) is 5.32 Å². The third-order valence-corrected chi connectivity index (χ3v) is 4.70. The Morgan fingerprint density at radius 2 is 1.39 bits per heavy atom. The maximum atomic E-state index is 14.0. The van der Waals surface area contributed by atoms with E-state index in [1.54, 1.807) is 24.3 Å². The zero-order chi connectivity index (χ0) is 19.7. The molecule has 0 aliphatic carbocycles. The molecule has 3 aromatic rings. The highest BCUT2D eigenvalue weighted by Gasteiger charge is 2.32. The summed E-state index contributed by atoms with van der Waals surface area (Å²) in [5.74, 6) is -1.65. The fraction of sp³-hybridized carbons (Fsp3) is 0.136. The predicted octanol–water partition coefficient (Wildman–Crippen LogP) is 5.27. The van der Waals surface area contributed by atoms with E-state index in [0.717, 1.165) is 6.07 Å². The van der Waals surface area contributed by atoms with Gasteiger partial charge in [0.25, 0.3) is 0 Å². The van der Waals surface area contributed by atoms with Crippen LogP contribution >= 0.6 is 0 Å². The van der Waals surface area contributed by atoms with E-state index in [1.807, 2.05) is 0 Å². The van der Waals surface area contributed by atoms with E-state index in [1.165, 1.54) is 36.4 Å². The molecule has 142 valence electrons. The van der Waals surface area contributed by atoms with E-state index >= 15 is 0 Å². The van der Waals surface area contributed by atoms with Crippen molar-refractivity contribution in [2.75, 3.05) is 0 Å². The molecule has 2 unspecified atom stereocenters. The van der Waals surface area contributed by atoms with E-state index in [4.69, 9.17) is 0 Å². The molecule has 6 heteroatoms. The summed E-state index contributed by atoms with van der Waals surface area (Å²) in [6, 6.07) is 14.5. The smallest absolute Gasteiger partial charge is 0.129 e. The minimum atomic E-state index is -0.666. The van der Waals surface area contributed by atoms with Crippen molar-refractivity contribution in [3.05, 3.63) is 107 Å². The molecule has 1 aliphatic heterocycles. The second-order valence-corrected chi connectivity index (χ2v) is 6.67. The highest BCUT2D eigenvalue weighted by Crippen LogP contribution is 2.37. The molecule has 4 rings (SSSR count). The molecule has 0 saturated carbocycles. The summed E-state index contributed by atoms with van der Waals surface area (Å²) in [5.41, 5.74) is 1.55. The van der Waals surface area contributed by atoms with Gasteiger partial charge in [-0.05, 0) is 47.0 Å². The Kier molecular flexibility index (Phi) is 4.86. The molecule has 0 fully saturated rings. The van der Waals surface area contributed by atoms with Crippen LogP contribution in [0.4, 0.5) is 17.6 Å². The summed E-state index contributed by atoms with van der Waals surface area (Å²) in [6.07, 6.45) is 0.115. The third kappa shape index (κ3) is 3.76. The molecule has 0 spiro atoms. The lowest BCUT2D eigenvalue weighted by Gasteiger charge is -2.20. The van der Waals surface area contributed by atoms with Crippen LogP contribution in [0.15, 0.2) is 71.7 Å². The lowest BCUT2D eigenvalue weighted by molar-refractivity contribution is 0.554. The highest BCUT2D eigenvalue weighted by molar-refractivity contribution is 5.87. The molecular formula is C22H16F4N2. The molecule has 0 bridgehead atoms. The Balaban J connectivity index is 1.69. The van der Waals surface area contributed by atoms with E-state index in [-0.39, 0.29) is 12.0 Å². The van der Waals surface area contributed by atoms with Gasteiger partial charge in [-0.25, -0.2) is 17.6 Å². The predicted molar refractivity (Wildman–Crippen MR) is 98.9 cm³/mol. The van der Waals surface area contributed by atoms with Gasteiger partial charge in [0.15, 0.2) is 0 Å². The Bertz CT molecular complexity index is 1050. The van der Waals surface area contributed by atoms with Crippen LogP contribution in [0, 0.1) is 23.3 Å². The summed E-state index contributed by atoms with van der Waals surface area (Å²) >= 11 is 0. The molecule has 3 aromatic carbocycles. The van der Waals surface area contributed by atoms with Gasteiger partial charge in [0.05, 0.1) is 6.04 Å². The van der Waals surface area contributed by atoms with Crippen molar-refractivity contribution in [2.24, 2.45) is 4.99 Å². The summed E-state index contributed by atoms with van der Waals surface area (Å²) in [7, 11) is 0. The van der Waals surface area contributed by atoms with Crippen molar-refractivity contribution in [3.63, 3.8) is 0 Å². The fourth-order valence-electron chi connectivity index (χ4n) is 3.40. The second kappa shape index (κ2) is 7.46. The number of nitrogens with one attached hydrogen (secondary N) is 1. The monoisotopic (exact) mass is 384 g/mol. The molecule has 0 saturated heterocycles. The first-order valence-corrected chi connectivity index (χ1v) is 8.77. The van der Waals surface area contributed by atoms with Gasteiger partial charge < -0.3 is 5.32 Å². The molecule has 0 radical (unpaired) electrons. The SMILES string of the molecule is Fc1cccc(C2N=C(Cc3ccc(F)cc3F)NC2c2cccc(F)c2)c1. The van der Waals surface area contributed by atoms with Crippen LogP contribution < -0.4 is 5.32 Å². The normalized spacial score (nSPS) is 18.6. The average Bonchev–Trinajstić information content (AvgIpc) is 3.08. The molecule has 2 nitrogen and oxygen atoms in total. The maximum Gasteiger partial charge on any atom is 0.129 e. The van der Waals surface area contributed by atoms with Crippen LogP contribution in [0.25, 0.3) is 0 Å². The van der Waals surface area contributed by atoms with Crippen LogP contribution in [-0.4, -0.2) is 5.84 Å². The van der Waals surface area contributed by atoms with Gasteiger partial charge in [0.1, 0.15) is 35.1 Å². The standard InChI is InChI=1S/C22H16F4N2/c23-16-5-1-3-14(9-16)21-22(15-4-2-6-17(24)10-15)28-20(27-21)11-13-7-8-18(25)12-19(13)26/h1-10,12,21-22H,11H2,(H,27,28). The van der Waals surface area contributed by atoms with Gasteiger partial charge in [-0.1, -0.05) is 30.3 Å². The highest BCUT2D eigenvalue weighted by atomic mass is 19.1. The number of amidine groups is 1. The number of hydrogen-bond donors (Lipinski definition) is 1. The first-order chi connectivity index (χ1) is 13.5. The average molecular weight is 384 g/mol. The lowest BCUT2D eigenvalue weighted by Crippen LogP contribution is -2.26. The molecule has 1 aliphatic rings. The third-order valence-electron chi connectivity index (χ3n) is 4.70. The number of aliphatic imine (C=N–C) groups is 1. The van der Waals surface area contributed by atoms with Crippen LogP contribution in [0.5, 0.6) is 0 Å². The summed E-state index contributed by atoms with van der Waals surface area (Å²) in [6.45, 7) is 0. The van der Waals surface area contributed by atoms with Gasteiger partial charge in [0, 0.05) is 12.5 Å². The fourth-order valence-corrected chi connectivity index (χ4v) is 3.40. The van der Waals surface area contributed by atoms with Crippen LogP contribution in [0.2, 0.25) is 0 Å². The second-order valence-electron chi connectivity index (χ2n) is 6.67. The molecule has 0 amide bonds. The Morgan fingerprint density at radius 3 is 2.07 bits per heavy atom.